The molecule has 0 bridgehead atoms. The van der Waals surface area contributed by atoms with Crippen LogP contribution in [0.25, 0.3) is 10.9 Å². The topological polar surface area (TPSA) is 68.7 Å². The smallest absolute Gasteiger partial charge is 0.258 e. The van der Waals surface area contributed by atoms with Gasteiger partial charge in [-0.2, -0.15) is 5.26 Å². The number of H-pyrrole nitrogens is 1. The summed E-state index contributed by atoms with van der Waals surface area (Å²) in [6.45, 7) is 3.89. The van der Waals surface area contributed by atoms with E-state index in [9.17, 15) is 4.79 Å². The molecule has 0 spiro atoms. The van der Waals surface area contributed by atoms with Gasteiger partial charge in [0.2, 0.25) is 0 Å². The number of carbonyl (C=O) groups excluding carboxylic acids is 1. The van der Waals surface area contributed by atoms with Crippen LogP contribution in [0, 0.1) is 25.2 Å². The van der Waals surface area contributed by atoms with Gasteiger partial charge < -0.3 is 10.3 Å². The molecule has 0 saturated heterocycles. The minimum Gasteiger partial charge on any atom is -0.358 e. The van der Waals surface area contributed by atoms with Crippen molar-refractivity contribution >= 4 is 22.5 Å². The number of para-hydroxylation sites is 1. The van der Waals surface area contributed by atoms with E-state index in [0.29, 0.717) is 16.8 Å². The van der Waals surface area contributed by atoms with Crippen molar-refractivity contribution in [3.63, 3.8) is 0 Å². The van der Waals surface area contributed by atoms with Crippen molar-refractivity contribution in [2.24, 2.45) is 0 Å². The Morgan fingerprint density at radius 2 is 1.95 bits per heavy atom. The third kappa shape index (κ3) is 2.33. The van der Waals surface area contributed by atoms with E-state index in [1.807, 2.05) is 32.0 Å². The Morgan fingerprint density at radius 3 is 2.73 bits per heavy atom. The van der Waals surface area contributed by atoms with Gasteiger partial charge in [-0.1, -0.05) is 24.3 Å². The molecule has 22 heavy (non-hydrogen) atoms. The number of fused-ring (bicyclic) bond motifs is 1. The zero-order valence-electron chi connectivity index (χ0n) is 12.4. The zero-order valence-corrected chi connectivity index (χ0v) is 12.4. The first-order valence-electron chi connectivity index (χ1n) is 6.99. The third-order valence-corrected chi connectivity index (χ3v) is 3.66. The molecule has 4 nitrogen and oxygen atoms in total. The number of anilines is 1. The molecule has 0 fully saturated rings. The molecule has 3 rings (SSSR count). The van der Waals surface area contributed by atoms with E-state index in [1.54, 1.807) is 24.3 Å². The number of hydrogen-bond donors (Lipinski definition) is 2. The molecular weight excluding hydrogens is 274 g/mol. The van der Waals surface area contributed by atoms with Crippen LogP contribution in [0.15, 0.2) is 42.5 Å². The predicted molar refractivity (Wildman–Crippen MR) is 86.9 cm³/mol. The average molecular weight is 289 g/mol. The van der Waals surface area contributed by atoms with E-state index in [-0.39, 0.29) is 5.91 Å². The average Bonchev–Trinajstić information content (AvgIpc) is 2.82. The fourth-order valence-corrected chi connectivity index (χ4v) is 2.61. The summed E-state index contributed by atoms with van der Waals surface area (Å²) in [5.74, 6) is -0.213. The number of aromatic nitrogens is 1. The fraction of sp³-hybridized carbons (Fsp3) is 0.111. The molecule has 0 atom stereocenters. The Labute approximate surface area is 128 Å². The molecule has 0 aliphatic rings. The van der Waals surface area contributed by atoms with Crippen molar-refractivity contribution in [1.82, 2.24) is 4.98 Å². The van der Waals surface area contributed by atoms with Crippen LogP contribution >= 0.6 is 0 Å². The standard InChI is InChI=1S/C18H15N3O/c1-11-7-8-14-16(9-11)20-12(2)17(14)18(22)21-15-6-4-3-5-13(15)10-19/h3-9,20H,1-2H3,(H,21,22). The summed E-state index contributed by atoms with van der Waals surface area (Å²) in [6.07, 6.45) is 0. The van der Waals surface area contributed by atoms with Gasteiger partial charge in [-0.05, 0) is 37.6 Å². The summed E-state index contributed by atoms with van der Waals surface area (Å²) in [7, 11) is 0. The largest absolute Gasteiger partial charge is 0.358 e. The summed E-state index contributed by atoms with van der Waals surface area (Å²) >= 11 is 0. The molecule has 108 valence electrons. The maximum Gasteiger partial charge on any atom is 0.258 e. The molecule has 4 heteroatoms. The number of aromatic amines is 1. The first-order valence-corrected chi connectivity index (χ1v) is 6.99. The number of amides is 1. The van der Waals surface area contributed by atoms with Crippen molar-refractivity contribution in [3.05, 3.63) is 64.8 Å². The highest BCUT2D eigenvalue weighted by molar-refractivity contribution is 6.14. The van der Waals surface area contributed by atoms with Gasteiger partial charge in [0.05, 0.1) is 16.8 Å². The van der Waals surface area contributed by atoms with Crippen LogP contribution in [0.5, 0.6) is 0 Å². The summed E-state index contributed by atoms with van der Waals surface area (Å²) in [4.78, 5) is 15.9. The second kappa shape index (κ2) is 5.38. The minimum atomic E-state index is -0.213. The predicted octanol–water partition coefficient (Wildman–Crippen LogP) is 3.91. The zero-order chi connectivity index (χ0) is 15.7. The number of hydrogen-bond acceptors (Lipinski definition) is 2. The molecule has 0 aliphatic heterocycles. The van der Waals surface area contributed by atoms with Crippen molar-refractivity contribution in [3.8, 4) is 6.07 Å². The molecule has 0 unspecified atom stereocenters. The summed E-state index contributed by atoms with van der Waals surface area (Å²) in [6, 6.07) is 15.0. The van der Waals surface area contributed by atoms with Crippen LogP contribution in [-0.2, 0) is 0 Å². The Balaban J connectivity index is 2.03. The molecule has 2 N–H and O–H groups in total. The van der Waals surface area contributed by atoms with Crippen LogP contribution < -0.4 is 5.32 Å². The lowest BCUT2D eigenvalue weighted by Gasteiger charge is -2.07. The Morgan fingerprint density at radius 1 is 1.18 bits per heavy atom. The molecule has 2 aromatic carbocycles. The highest BCUT2D eigenvalue weighted by Crippen LogP contribution is 2.24. The summed E-state index contributed by atoms with van der Waals surface area (Å²) in [5.41, 5.74) is 4.47. The van der Waals surface area contributed by atoms with Crippen molar-refractivity contribution in [1.29, 1.82) is 5.26 Å². The molecule has 0 radical (unpaired) electrons. The second-order valence-corrected chi connectivity index (χ2v) is 5.29. The normalized spacial score (nSPS) is 10.4. The lowest BCUT2D eigenvalue weighted by Crippen LogP contribution is -2.13. The van der Waals surface area contributed by atoms with E-state index < -0.39 is 0 Å². The third-order valence-electron chi connectivity index (χ3n) is 3.66. The monoisotopic (exact) mass is 289 g/mol. The van der Waals surface area contributed by atoms with E-state index in [2.05, 4.69) is 16.4 Å². The van der Waals surface area contributed by atoms with E-state index in [4.69, 9.17) is 5.26 Å². The van der Waals surface area contributed by atoms with Crippen LogP contribution in [0.2, 0.25) is 0 Å². The van der Waals surface area contributed by atoms with Gasteiger partial charge in [0.25, 0.3) is 5.91 Å². The Kier molecular flexibility index (Phi) is 3.40. The number of aryl methyl sites for hydroxylation is 2. The number of nitrogens with one attached hydrogen (secondary N) is 2. The van der Waals surface area contributed by atoms with Gasteiger partial charge in [0.1, 0.15) is 6.07 Å². The van der Waals surface area contributed by atoms with Crippen LogP contribution in [0.4, 0.5) is 5.69 Å². The van der Waals surface area contributed by atoms with Crippen molar-refractivity contribution < 1.29 is 4.79 Å². The van der Waals surface area contributed by atoms with Gasteiger partial charge in [-0.15, -0.1) is 0 Å². The number of rotatable bonds is 2. The highest BCUT2D eigenvalue weighted by Gasteiger charge is 2.17. The molecular formula is C18H15N3O. The van der Waals surface area contributed by atoms with Crippen LogP contribution in [-0.4, -0.2) is 10.9 Å². The molecule has 1 aromatic heterocycles. The first-order chi connectivity index (χ1) is 10.6. The number of nitrogens with zero attached hydrogens (tertiary/aromatic N) is 1. The number of benzene rings is 2. The molecule has 3 aromatic rings. The summed E-state index contributed by atoms with van der Waals surface area (Å²) in [5, 5.41) is 12.8. The van der Waals surface area contributed by atoms with Gasteiger partial charge >= 0.3 is 0 Å². The van der Waals surface area contributed by atoms with Gasteiger partial charge in [-0.25, -0.2) is 0 Å². The minimum absolute atomic E-state index is 0.213. The highest BCUT2D eigenvalue weighted by atomic mass is 16.1. The summed E-state index contributed by atoms with van der Waals surface area (Å²) < 4.78 is 0. The molecule has 1 heterocycles. The fourth-order valence-electron chi connectivity index (χ4n) is 2.61. The molecule has 0 aliphatic carbocycles. The number of nitriles is 1. The van der Waals surface area contributed by atoms with Crippen LogP contribution in [0.3, 0.4) is 0 Å². The maximum absolute atomic E-state index is 12.6. The van der Waals surface area contributed by atoms with Crippen LogP contribution in [0.1, 0.15) is 27.2 Å². The van der Waals surface area contributed by atoms with Gasteiger partial charge in [0.15, 0.2) is 0 Å². The lowest BCUT2D eigenvalue weighted by molar-refractivity contribution is 0.102. The Bertz CT molecular complexity index is 916. The van der Waals surface area contributed by atoms with Gasteiger partial charge in [-0.3, -0.25) is 4.79 Å². The lowest BCUT2D eigenvalue weighted by atomic mass is 10.1. The van der Waals surface area contributed by atoms with E-state index >= 15 is 0 Å². The van der Waals surface area contributed by atoms with Crippen molar-refractivity contribution in [2.45, 2.75) is 13.8 Å². The first kappa shape index (κ1) is 13.9. The molecule has 0 saturated carbocycles. The maximum atomic E-state index is 12.6. The SMILES string of the molecule is Cc1ccc2c(C(=O)Nc3ccccc3C#N)c(C)[nH]c2c1. The number of carbonyl (C=O) groups is 1. The van der Waals surface area contributed by atoms with E-state index in [1.165, 1.54) is 0 Å². The Hall–Kier alpha value is -3.06. The van der Waals surface area contributed by atoms with Crippen molar-refractivity contribution in [2.75, 3.05) is 5.32 Å². The van der Waals surface area contributed by atoms with Gasteiger partial charge in [0, 0.05) is 16.6 Å². The molecule has 1 amide bonds. The van der Waals surface area contributed by atoms with E-state index in [0.717, 1.165) is 22.2 Å². The second-order valence-electron chi connectivity index (χ2n) is 5.29. The quantitative estimate of drug-likeness (QED) is 0.751.